The second-order valence-electron chi connectivity index (χ2n) is 6.39. The van der Waals surface area contributed by atoms with E-state index in [2.05, 4.69) is 0 Å². The predicted octanol–water partition coefficient (Wildman–Crippen LogP) is 2.33. The summed E-state index contributed by atoms with van der Waals surface area (Å²) in [6.45, 7) is 2.38. The van der Waals surface area contributed by atoms with E-state index in [-0.39, 0.29) is 11.8 Å². The van der Waals surface area contributed by atoms with E-state index in [0.717, 1.165) is 12.1 Å². The molecule has 6 heteroatoms. The lowest BCUT2D eigenvalue weighted by Gasteiger charge is -2.22. The Hall–Kier alpha value is -2.76. The first-order chi connectivity index (χ1) is 12.1. The van der Waals surface area contributed by atoms with Gasteiger partial charge in [0.2, 0.25) is 0 Å². The van der Waals surface area contributed by atoms with E-state index >= 15 is 0 Å². The van der Waals surface area contributed by atoms with Crippen molar-refractivity contribution in [3.8, 4) is 0 Å². The molecule has 1 aromatic heterocycles. The normalized spacial score (nSPS) is 15.0. The molecule has 2 heterocycles. The molecule has 0 bridgehead atoms. The van der Waals surface area contributed by atoms with Gasteiger partial charge in [0, 0.05) is 51.5 Å². The van der Waals surface area contributed by atoms with E-state index in [9.17, 15) is 9.59 Å². The Balaban J connectivity index is 1.64. The van der Waals surface area contributed by atoms with Crippen molar-refractivity contribution in [2.75, 3.05) is 45.2 Å². The van der Waals surface area contributed by atoms with Gasteiger partial charge in [-0.05, 0) is 36.8 Å². The molecule has 0 radical (unpaired) electrons. The highest BCUT2D eigenvalue weighted by molar-refractivity contribution is 5.95. The first-order valence-corrected chi connectivity index (χ1v) is 8.44. The molecule has 132 valence electrons. The van der Waals surface area contributed by atoms with Crippen molar-refractivity contribution < 1.29 is 14.0 Å². The minimum atomic E-state index is -0.0432. The van der Waals surface area contributed by atoms with E-state index in [1.165, 1.54) is 12.5 Å². The molecule has 6 nitrogen and oxygen atoms in total. The van der Waals surface area contributed by atoms with Crippen LogP contribution in [0.3, 0.4) is 0 Å². The van der Waals surface area contributed by atoms with Crippen LogP contribution >= 0.6 is 0 Å². The number of hydrogen-bond donors (Lipinski definition) is 0. The maximum atomic E-state index is 12.7. The van der Waals surface area contributed by atoms with Gasteiger partial charge in [-0.1, -0.05) is 0 Å². The number of hydrogen-bond acceptors (Lipinski definition) is 4. The summed E-state index contributed by atoms with van der Waals surface area (Å²) in [6, 6.07) is 9.27. The van der Waals surface area contributed by atoms with Gasteiger partial charge < -0.3 is 19.1 Å². The zero-order valence-electron chi connectivity index (χ0n) is 14.6. The van der Waals surface area contributed by atoms with Gasteiger partial charge in [0.05, 0.1) is 11.8 Å². The second-order valence-corrected chi connectivity index (χ2v) is 6.39. The van der Waals surface area contributed by atoms with Gasteiger partial charge in [-0.2, -0.15) is 0 Å². The number of carbonyl (C=O) groups excluding carboxylic acids is 2. The van der Waals surface area contributed by atoms with Crippen LogP contribution in [0.25, 0.3) is 0 Å². The standard InChI is InChI=1S/C19H23N3O3/c1-20(2)17-6-4-15(5-7-17)18(23)21-9-3-10-22(12-11-21)19(24)16-8-13-25-14-16/h4-8,13-14H,3,9-12H2,1-2H3. The highest BCUT2D eigenvalue weighted by atomic mass is 16.3. The molecule has 1 aliphatic heterocycles. The monoisotopic (exact) mass is 341 g/mol. The van der Waals surface area contributed by atoms with Crippen molar-refractivity contribution in [3.05, 3.63) is 54.0 Å². The minimum Gasteiger partial charge on any atom is -0.472 e. The lowest BCUT2D eigenvalue weighted by atomic mass is 10.1. The SMILES string of the molecule is CN(C)c1ccc(C(=O)N2CCCN(C(=O)c3ccoc3)CC2)cc1. The van der Waals surface area contributed by atoms with Crippen molar-refractivity contribution in [1.29, 1.82) is 0 Å². The summed E-state index contributed by atoms with van der Waals surface area (Å²) in [5.41, 5.74) is 2.29. The smallest absolute Gasteiger partial charge is 0.257 e. The average Bonchev–Trinajstić information content (AvgIpc) is 3.05. The summed E-state index contributed by atoms with van der Waals surface area (Å²) < 4.78 is 4.99. The third-order valence-electron chi connectivity index (χ3n) is 4.47. The minimum absolute atomic E-state index is 0.0166. The Morgan fingerprint density at radius 1 is 0.880 bits per heavy atom. The summed E-state index contributed by atoms with van der Waals surface area (Å²) >= 11 is 0. The van der Waals surface area contributed by atoms with Gasteiger partial charge in [0.25, 0.3) is 11.8 Å². The van der Waals surface area contributed by atoms with Gasteiger partial charge in [-0.25, -0.2) is 0 Å². The first kappa shape index (κ1) is 17.1. The Morgan fingerprint density at radius 2 is 1.48 bits per heavy atom. The zero-order valence-corrected chi connectivity index (χ0v) is 14.6. The van der Waals surface area contributed by atoms with Crippen LogP contribution in [-0.4, -0.2) is 61.9 Å². The third-order valence-corrected chi connectivity index (χ3v) is 4.47. The fourth-order valence-electron chi connectivity index (χ4n) is 2.98. The molecule has 2 aromatic rings. The van der Waals surface area contributed by atoms with Gasteiger partial charge in [0.15, 0.2) is 0 Å². The third kappa shape index (κ3) is 3.84. The number of anilines is 1. The van der Waals surface area contributed by atoms with Crippen LogP contribution in [0.2, 0.25) is 0 Å². The molecular weight excluding hydrogens is 318 g/mol. The molecule has 0 aliphatic carbocycles. The van der Waals surface area contributed by atoms with Gasteiger partial charge >= 0.3 is 0 Å². The van der Waals surface area contributed by atoms with E-state index in [1.807, 2.05) is 48.2 Å². The molecule has 0 N–H and O–H groups in total. The Bertz CT molecular complexity index is 723. The fraction of sp³-hybridized carbons (Fsp3) is 0.368. The van der Waals surface area contributed by atoms with Crippen molar-refractivity contribution in [3.63, 3.8) is 0 Å². The summed E-state index contributed by atoms with van der Waals surface area (Å²) in [4.78, 5) is 30.8. The number of carbonyl (C=O) groups is 2. The molecule has 0 saturated carbocycles. The molecule has 3 rings (SSSR count). The largest absolute Gasteiger partial charge is 0.472 e. The van der Waals surface area contributed by atoms with Crippen molar-refractivity contribution >= 4 is 17.5 Å². The first-order valence-electron chi connectivity index (χ1n) is 8.44. The number of furan rings is 1. The molecule has 25 heavy (non-hydrogen) atoms. The van der Waals surface area contributed by atoms with Crippen LogP contribution in [-0.2, 0) is 0 Å². The molecule has 2 amide bonds. The summed E-state index contributed by atoms with van der Waals surface area (Å²) in [5.74, 6) is -0.0266. The highest BCUT2D eigenvalue weighted by Crippen LogP contribution is 2.16. The number of benzene rings is 1. The number of amides is 2. The van der Waals surface area contributed by atoms with E-state index in [1.54, 1.807) is 11.0 Å². The topological polar surface area (TPSA) is 57.0 Å². The van der Waals surface area contributed by atoms with Crippen molar-refractivity contribution in [2.45, 2.75) is 6.42 Å². The molecular formula is C19H23N3O3. The molecule has 1 aromatic carbocycles. The van der Waals surface area contributed by atoms with E-state index < -0.39 is 0 Å². The zero-order chi connectivity index (χ0) is 17.8. The van der Waals surface area contributed by atoms with Crippen LogP contribution in [0.1, 0.15) is 27.1 Å². The Morgan fingerprint density at radius 3 is 2.00 bits per heavy atom. The molecule has 0 spiro atoms. The second kappa shape index (κ2) is 7.42. The van der Waals surface area contributed by atoms with E-state index in [4.69, 9.17) is 4.42 Å². The van der Waals surface area contributed by atoms with E-state index in [0.29, 0.717) is 37.3 Å². The molecule has 1 fully saturated rings. The lowest BCUT2D eigenvalue weighted by molar-refractivity contribution is 0.0718. The Labute approximate surface area is 147 Å². The molecule has 1 saturated heterocycles. The van der Waals surface area contributed by atoms with Crippen LogP contribution in [0.4, 0.5) is 5.69 Å². The van der Waals surface area contributed by atoms with Crippen molar-refractivity contribution in [2.24, 2.45) is 0 Å². The molecule has 0 unspecified atom stereocenters. The quantitative estimate of drug-likeness (QED) is 0.860. The van der Waals surface area contributed by atoms with Gasteiger partial charge in [0.1, 0.15) is 6.26 Å². The maximum absolute atomic E-state index is 12.7. The van der Waals surface area contributed by atoms with Crippen LogP contribution in [0.15, 0.2) is 47.3 Å². The fourth-order valence-corrected chi connectivity index (χ4v) is 2.98. The summed E-state index contributed by atoms with van der Waals surface area (Å²) in [6.07, 6.45) is 3.73. The highest BCUT2D eigenvalue weighted by Gasteiger charge is 2.24. The maximum Gasteiger partial charge on any atom is 0.257 e. The summed E-state index contributed by atoms with van der Waals surface area (Å²) in [7, 11) is 3.94. The van der Waals surface area contributed by atoms with Gasteiger partial charge in [-0.3, -0.25) is 9.59 Å². The molecule has 0 atom stereocenters. The average molecular weight is 341 g/mol. The van der Waals surface area contributed by atoms with Crippen molar-refractivity contribution in [1.82, 2.24) is 9.80 Å². The molecule has 1 aliphatic rings. The van der Waals surface area contributed by atoms with Crippen LogP contribution < -0.4 is 4.90 Å². The van der Waals surface area contributed by atoms with Crippen LogP contribution in [0.5, 0.6) is 0 Å². The number of nitrogens with zero attached hydrogens (tertiary/aromatic N) is 3. The Kier molecular flexibility index (Phi) is 5.07. The number of rotatable bonds is 3. The predicted molar refractivity (Wildman–Crippen MR) is 95.9 cm³/mol. The van der Waals surface area contributed by atoms with Crippen LogP contribution in [0, 0.1) is 0 Å². The summed E-state index contributed by atoms with van der Waals surface area (Å²) in [5, 5.41) is 0. The van der Waals surface area contributed by atoms with Gasteiger partial charge in [-0.15, -0.1) is 0 Å². The lowest BCUT2D eigenvalue weighted by Crippen LogP contribution is -2.37.